The Hall–Kier alpha value is -0.330. The van der Waals surface area contributed by atoms with Crippen molar-refractivity contribution < 1.29 is 8.42 Å². The number of nitrogens with zero attached hydrogens (tertiary/aromatic N) is 1. The van der Waals surface area contributed by atoms with Gasteiger partial charge in [0.2, 0.25) is 10.0 Å². The predicted octanol–water partition coefficient (Wildman–Crippen LogP) is 3.38. The number of hydrogen-bond acceptors (Lipinski definition) is 3. The molecule has 1 aromatic rings. The van der Waals surface area contributed by atoms with Crippen LogP contribution < -0.4 is 5.32 Å². The van der Waals surface area contributed by atoms with Crippen LogP contribution in [0.3, 0.4) is 0 Å². The lowest BCUT2D eigenvalue weighted by molar-refractivity contribution is 0.316. The van der Waals surface area contributed by atoms with Crippen LogP contribution >= 0.6 is 23.2 Å². The molecule has 0 radical (unpaired) electrons. The summed E-state index contributed by atoms with van der Waals surface area (Å²) in [5, 5.41) is 3.52. The molecule has 0 aliphatic rings. The number of halogens is 2. The van der Waals surface area contributed by atoms with Crippen molar-refractivity contribution in [2.24, 2.45) is 5.92 Å². The zero-order valence-electron chi connectivity index (χ0n) is 12.9. The molecule has 0 heterocycles. The second kappa shape index (κ2) is 7.29. The van der Waals surface area contributed by atoms with Gasteiger partial charge >= 0.3 is 0 Å². The van der Waals surface area contributed by atoms with Gasteiger partial charge < -0.3 is 5.32 Å². The third-order valence-electron chi connectivity index (χ3n) is 3.64. The van der Waals surface area contributed by atoms with Crippen molar-refractivity contribution in [3.05, 3.63) is 27.7 Å². The topological polar surface area (TPSA) is 49.4 Å². The lowest BCUT2D eigenvalue weighted by atomic mass is 10.1. The molecule has 0 aromatic heterocycles. The van der Waals surface area contributed by atoms with Crippen LogP contribution in [0.1, 0.15) is 26.3 Å². The molecule has 0 amide bonds. The van der Waals surface area contributed by atoms with Crippen molar-refractivity contribution in [1.82, 2.24) is 9.62 Å². The zero-order valence-corrected chi connectivity index (χ0v) is 15.3. The summed E-state index contributed by atoms with van der Waals surface area (Å²) in [6.07, 6.45) is 0. The minimum atomic E-state index is -3.69. The van der Waals surface area contributed by atoms with E-state index in [2.05, 4.69) is 5.32 Å². The minimum absolute atomic E-state index is 0.0527. The van der Waals surface area contributed by atoms with E-state index in [0.29, 0.717) is 17.1 Å². The molecule has 1 atom stereocenters. The van der Waals surface area contributed by atoms with E-state index in [1.165, 1.54) is 10.4 Å². The Labute approximate surface area is 137 Å². The number of rotatable bonds is 6. The summed E-state index contributed by atoms with van der Waals surface area (Å²) in [4.78, 5) is 0.0527. The molecule has 1 unspecified atom stereocenters. The molecule has 0 saturated heterocycles. The van der Waals surface area contributed by atoms with E-state index in [4.69, 9.17) is 23.2 Å². The first-order valence-corrected chi connectivity index (χ1v) is 8.93. The maximum Gasteiger partial charge on any atom is 0.244 e. The second-order valence-electron chi connectivity index (χ2n) is 5.41. The molecule has 1 rings (SSSR count). The van der Waals surface area contributed by atoms with Gasteiger partial charge in [0.1, 0.15) is 4.90 Å². The van der Waals surface area contributed by atoms with Crippen LogP contribution in [0.15, 0.2) is 17.0 Å². The zero-order chi connectivity index (χ0) is 16.4. The maximum absolute atomic E-state index is 12.8. The first-order chi connectivity index (χ1) is 9.62. The highest BCUT2D eigenvalue weighted by molar-refractivity contribution is 7.89. The summed E-state index contributed by atoms with van der Waals surface area (Å²) in [6, 6.07) is 2.94. The molecule has 0 aliphatic carbocycles. The van der Waals surface area contributed by atoms with Crippen LogP contribution in [0, 0.1) is 5.92 Å². The highest BCUT2D eigenvalue weighted by atomic mass is 35.5. The van der Waals surface area contributed by atoms with Crippen LogP contribution in [0.2, 0.25) is 10.0 Å². The average molecular weight is 353 g/mol. The Kier molecular flexibility index (Phi) is 6.50. The van der Waals surface area contributed by atoms with Crippen molar-refractivity contribution in [2.45, 2.75) is 38.3 Å². The standard InChI is InChI=1S/C14H22Cl2N2O2S/c1-9(2)10(3)18(5)21(19,20)13-7-12(15)6-11(8-17-4)14(13)16/h6-7,9-10,17H,8H2,1-5H3. The van der Waals surface area contributed by atoms with Gasteiger partial charge in [-0.25, -0.2) is 8.42 Å². The van der Waals surface area contributed by atoms with Gasteiger partial charge in [0, 0.05) is 24.7 Å². The molecule has 0 fully saturated rings. The molecule has 21 heavy (non-hydrogen) atoms. The van der Waals surface area contributed by atoms with Gasteiger partial charge in [-0.2, -0.15) is 4.31 Å². The van der Waals surface area contributed by atoms with Crippen molar-refractivity contribution in [3.8, 4) is 0 Å². The Morgan fingerprint density at radius 3 is 2.29 bits per heavy atom. The predicted molar refractivity (Wildman–Crippen MR) is 88.5 cm³/mol. The van der Waals surface area contributed by atoms with Crippen LogP contribution in [-0.4, -0.2) is 32.9 Å². The summed E-state index contributed by atoms with van der Waals surface area (Å²) < 4.78 is 26.9. The molecular formula is C14H22Cl2N2O2S. The normalized spacial score (nSPS) is 14.0. The molecule has 1 aromatic carbocycles. The largest absolute Gasteiger partial charge is 0.316 e. The summed E-state index contributed by atoms with van der Waals surface area (Å²) in [5.41, 5.74) is 0.663. The number of hydrogen-bond donors (Lipinski definition) is 1. The number of sulfonamides is 1. The molecular weight excluding hydrogens is 331 g/mol. The molecule has 0 aliphatic heterocycles. The van der Waals surface area contributed by atoms with Gasteiger partial charge in [-0.1, -0.05) is 37.0 Å². The second-order valence-corrected chi connectivity index (χ2v) is 8.19. The molecule has 1 N–H and O–H groups in total. The Bertz CT molecular complexity index is 603. The van der Waals surface area contributed by atoms with Crippen molar-refractivity contribution >= 4 is 33.2 Å². The van der Waals surface area contributed by atoms with Crippen LogP contribution in [-0.2, 0) is 16.6 Å². The van der Waals surface area contributed by atoms with E-state index in [1.54, 1.807) is 20.2 Å². The van der Waals surface area contributed by atoms with Crippen molar-refractivity contribution in [1.29, 1.82) is 0 Å². The smallest absolute Gasteiger partial charge is 0.244 e. The Morgan fingerprint density at radius 1 is 1.24 bits per heavy atom. The van der Waals surface area contributed by atoms with Gasteiger partial charge in [0.15, 0.2) is 0 Å². The third-order valence-corrected chi connectivity index (χ3v) is 6.39. The van der Waals surface area contributed by atoms with Crippen molar-refractivity contribution in [2.75, 3.05) is 14.1 Å². The van der Waals surface area contributed by atoms with E-state index < -0.39 is 10.0 Å². The van der Waals surface area contributed by atoms with Crippen LogP contribution in [0.5, 0.6) is 0 Å². The Balaban J connectivity index is 3.38. The monoisotopic (exact) mass is 352 g/mol. The summed E-state index contributed by atoms with van der Waals surface area (Å²) in [5.74, 6) is 0.194. The molecule has 0 saturated carbocycles. The van der Waals surface area contributed by atoms with Gasteiger partial charge in [0.25, 0.3) is 0 Å². The fraction of sp³-hybridized carbons (Fsp3) is 0.571. The Morgan fingerprint density at radius 2 is 1.81 bits per heavy atom. The molecule has 7 heteroatoms. The van der Waals surface area contributed by atoms with Gasteiger partial charge in [-0.15, -0.1) is 0 Å². The van der Waals surface area contributed by atoms with E-state index in [-0.39, 0.29) is 21.9 Å². The van der Waals surface area contributed by atoms with E-state index in [0.717, 1.165) is 0 Å². The van der Waals surface area contributed by atoms with Gasteiger partial charge in [0.05, 0.1) is 5.02 Å². The quantitative estimate of drug-likeness (QED) is 0.853. The van der Waals surface area contributed by atoms with Gasteiger partial charge in [-0.05, 0) is 37.6 Å². The van der Waals surface area contributed by atoms with E-state index in [1.807, 2.05) is 20.8 Å². The molecule has 0 bridgehead atoms. The molecule has 120 valence electrons. The first-order valence-electron chi connectivity index (χ1n) is 6.73. The SMILES string of the molecule is CNCc1cc(Cl)cc(S(=O)(=O)N(C)C(C)C(C)C)c1Cl. The molecule has 4 nitrogen and oxygen atoms in total. The maximum atomic E-state index is 12.8. The lowest BCUT2D eigenvalue weighted by Crippen LogP contribution is -2.38. The molecule has 0 spiro atoms. The fourth-order valence-corrected chi connectivity index (χ4v) is 4.32. The highest BCUT2D eigenvalue weighted by Crippen LogP contribution is 2.32. The van der Waals surface area contributed by atoms with E-state index in [9.17, 15) is 8.42 Å². The van der Waals surface area contributed by atoms with Crippen LogP contribution in [0.4, 0.5) is 0 Å². The fourth-order valence-electron chi connectivity index (χ4n) is 1.92. The third kappa shape index (κ3) is 4.11. The number of nitrogens with one attached hydrogen (secondary N) is 1. The van der Waals surface area contributed by atoms with Gasteiger partial charge in [-0.3, -0.25) is 0 Å². The highest BCUT2D eigenvalue weighted by Gasteiger charge is 2.30. The summed E-state index contributed by atoms with van der Waals surface area (Å²) in [6.45, 7) is 6.27. The average Bonchev–Trinajstić information content (AvgIpc) is 2.40. The van der Waals surface area contributed by atoms with Crippen LogP contribution in [0.25, 0.3) is 0 Å². The first kappa shape index (κ1) is 18.7. The van der Waals surface area contributed by atoms with E-state index >= 15 is 0 Å². The minimum Gasteiger partial charge on any atom is -0.316 e. The number of benzene rings is 1. The summed E-state index contributed by atoms with van der Waals surface area (Å²) >= 11 is 12.3. The van der Waals surface area contributed by atoms with Crippen molar-refractivity contribution in [3.63, 3.8) is 0 Å². The summed E-state index contributed by atoms with van der Waals surface area (Å²) in [7, 11) is -0.361. The lowest BCUT2D eigenvalue weighted by Gasteiger charge is -2.28.